The van der Waals surface area contributed by atoms with Crippen LogP contribution in [-0.2, 0) is 5.41 Å². The van der Waals surface area contributed by atoms with E-state index in [0.29, 0.717) is 0 Å². The maximum atomic E-state index is 12.9. The van der Waals surface area contributed by atoms with Gasteiger partial charge < -0.3 is 9.47 Å². The second-order valence-electron chi connectivity index (χ2n) is 7.51. The molecule has 0 N–H and O–H groups in total. The number of rotatable bonds is 2. The molecule has 0 unspecified atom stereocenters. The number of carbonyl (C=O) groups is 1. The van der Waals surface area contributed by atoms with Gasteiger partial charge in [0, 0.05) is 42.1 Å². The van der Waals surface area contributed by atoms with Gasteiger partial charge in [-0.1, -0.05) is 36.4 Å². The third-order valence-corrected chi connectivity index (χ3v) is 6.04. The van der Waals surface area contributed by atoms with Crippen LogP contribution in [0.5, 0.6) is 0 Å². The normalized spacial score (nSPS) is 17.3. The minimum atomic E-state index is 0.117. The number of carbonyl (C=O) groups excluding carboxylic acids is 1. The Bertz CT molecular complexity index is 991. The van der Waals surface area contributed by atoms with E-state index in [4.69, 9.17) is 0 Å². The predicted octanol–water partition coefficient (Wildman–Crippen LogP) is 4.68. The predicted molar refractivity (Wildman–Crippen MR) is 108 cm³/mol. The summed E-state index contributed by atoms with van der Waals surface area (Å²) in [7, 11) is 0. The topological polar surface area (TPSA) is 25.2 Å². The van der Waals surface area contributed by atoms with E-state index in [1.165, 1.54) is 11.1 Å². The van der Waals surface area contributed by atoms with Gasteiger partial charge in [0.2, 0.25) is 0 Å². The molecule has 27 heavy (non-hydrogen) atoms. The van der Waals surface area contributed by atoms with Gasteiger partial charge in [-0.3, -0.25) is 4.79 Å². The average Bonchev–Trinajstić information content (AvgIpc) is 3.38. The monoisotopic (exact) mass is 354 g/mol. The zero-order valence-electron chi connectivity index (χ0n) is 15.2. The Hall–Kier alpha value is -3.07. The minimum Gasteiger partial charge on any atom is -0.339 e. The van der Waals surface area contributed by atoms with E-state index in [-0.39, 0.29) is 11.3 Å². The van der Waals surface area contributed by atoms with E-state index in [1.54, 1.807) is 0 Å². The van der Waals surface area contributed by atoms with E-state index in [2.05, 4.69) is 36.4 Å². The number of allylic oxidation sites excluding steroid dienone is 1. The van der Waals surface area contributed by atoms with E-state index in [9.17, 15) is 4.79 Å². The highest BCUT2D eigenvalue weighted by molar-refractivity contribution is 5.94. The van der Waals surface area contributed by atoms with Gasteiger partial charge in [0.05, 0.1) is 0 Å². The molecule has 1 amide bonds. The van der Waals surface area contributed by atoms with Crippen LogP contribution in [0.2, 0.25) is 0 Å². The quantitative estimate of drug-likeness (QED) is 0.656. The van der Waals surface area contributed by atoms with Gasteiger partial charge in [0.15, 0.2) is 0 Å². The number of hydrogen-bond acceptors (Lipinski definition) is 1. The van der Waals surface area contributed by atoms with Crippen LogP contribution in [0.25, 0.3) is 11.8 Å². The van der Waals surface area contributed by atoms with Gasteiger partial charge >= 0.3 is 0 Å². The molecule has 3 aromatic rings. The van der Waals surface area contributed by atoms with Crippen LogP contribution in [0.4, 0.5) is 0 Å². The maximum Gasteiger partial charge on any atom is 0.253 e. The van der Waals surface area contributed by atoms with Crippen LogP contribution in [0.15, 0.2) is 79.1 Å². The molecule has 3 nitrogen and oxygen atoms in total. The smallest absolute Gasteiger partial charge is 0.253 e. The first-order valence-corrected chi connectivity index (χ1v) is 9.57. The third-order valence-electron chi connectivity index (χ3n) is 6.04. The van der Waals surface area contributed by atoms with Crippen LogP contribution in [0.1, 0.15) is 34.3 Å². The molecule has 1 spiro atoms. The van der Waals surface area contributed by atoms with Crippen LogP contribution >= 0.6 is 0 Å². The Labute approximate surface area is 159 Å². The van der Waals surface area contributed by atoms with Gasteiger partial charge in [-0.15, -0.1) is 0 Å². The fourth-order valence-corrected chi connectivity index (χ4v) is 4.45. The summed E-state index contributed by atoms with van der Waals surface area (Å²) in [6.45, 7) is 1.60. The Morgan fingerprint density at radius 2 is 1.56 bits per heavy atom. The molecule has 1 aliphatic heterocycles. The first-order chi connectivity index (χ1) is 13.3. The van der Waals surface area contributed by atoms with Crippen LogP contribution in [0.3, 0.4) is 0 Å². The lowest BCUT2D eigenvalue weighted by atomic mass is 9.74. The van der Waals surface area contributed by atoms with Crippen LogP contribution < -0.4 is 0 Å². The average molecular weight is 354 g/mol. The molecule has 1 aromatic heterocycles. The highest BCUT2D eigenvalue weighted by Crippen LogP contribution is 2.43. The molecule has 1 fully saturated rings. The molecule has 0 saturated carbocycles. The van der Waals surface area contributed by atoms with Crippen molar-refractivity contribution in [3.8, 4) is 5.69 Å². The lowest BCUT2D eigenvalue weighted by Gasteiger charge is -2.39. The summed E-state index contributed by atoms with van der Waals surface area (Å²) in [5.74, 6) is 0.138. The van der Waals surface area contributed by atoms with Crippen molar-refractivity contribution < 1.29 is 4.79 Å². The number of nitrogens with zero attached hydrogens (tertiary/aromatic N) is 2. The maximum absolute atomic E-state index is 12.9. The van der Waals surface area contributed by atoms with Gasteiger partial charge in [0.25, 0.3) is 5.91 Å². The number of piperidine rings is 1. The number of likely N-dealkylation sites (tertiary alicyclic amines) is 1. The molecule has 2 heterocycles. The number of aromatic nitrogens is 1. The van der Waals surface area contributed by atoms with Gasteiger partial charge in [-0.2, -0.15) is 0 Å². The summed E-state index contributed by atoms with van der Waals surface area (Å²) in [6.07, 6.45) is 10.6. The Balaban J connectivity index is 1.30. The van der Waals surface area contributed by atoms with Gasteiger partial charge in [0.1, 0.15) is 0 Å². The van der Waals surface area contributed by atoms with E-state index in [1.807, 2.05) is 58.3 Å². The van der Waals surface area contributed by atoms with Crippen molar-refractivity contribution in [2.45, 2.75) is 18.3 Å². The molecule has 0 bridgehead atoms. The fraction of sp³-hybridized carbons (Fsp3) is 0.208. The fourth-order valence-electron chi connectivity index (χ4n) is 4.45. The molecular formula is C24H22N2O. The first-order valence-electron chi connectivity index (χ1n) is 9.57. The SMILES string of the molecule is O=C(c1ccc(-n2cccc2)cc1)N1CCC2(C=Cc3ccccc32)CC1. The molecule has 0 atom stereocenters. The zero-order valence-corrected chi connectivity index (χ0v) is 15.2. The molecule has 134 valence electrons. The molecule has 1 aliphatic carbocycles. The molecule has 5 rings (SSSR count). The van der Waals surface area contributed by atoms with Crippen LogP contribution in [-0.4, -0.2) is 28.5 Å². The van der Waals surface area contributed by atoms with Crippen molar-refractivity contribution in [2.24, 2.45) is 0 Å². The summed E-state index contributed by atoms with van der Waals surface area (Å²) >= 11 is 0. The lowest BCUT2D eigenvalue weighted by Crippen LogP contribution is -2.44. The first kappa shape index (κ1) is 16.1. The van der Waals surface area contributed by atoms with Crippen molar-refractivity contribution in [1.82, 2.24) is 9.47 Å². The molecule has 3 heteroatoms. The van der Waals surface area contributed by atoms with Gasteiger partial charge in [-0.25, -0.2) is 0 Å². The number of fused-ring (bicyclic) bond motifs is 2. The molecule has 2 aromatic carbocycles. The largest absolute Gasteiger partial charge is 0.339 e. The molecule has 2 aliphatic rings. The highest BCUT2D eigenvalue weighted by Gasteiger charge is 2.38. The second kappa shape index (κ2) is 6.27. The Kier molecular flexibility index (Phi) is 3.75. The number of amides is 1. The lowest BCUT2D eigenvalue weighted by molar-refractivity contribution is 0.0690. The zero-order chi connectivity index (χ0) is 18.3. The van der Waals surface area contributed by atoms with Crippen LogP contribution in [0, 0.1) is 0 Å². The standard InChI is InChI=1S/C24H22N2O/c27-23(20-7-9-21(10-8-20)25-15-3-4-16-25)26-17-13-24(14-18-26)12-11-19-5-1-2-6-22(19)24/h1-12,15-16H,13-14,17-18H2. The van der Waals surface area contributed by atoms with Crippen molar-refractivity contribution >= 4 is 12.0 Å². The Morgan fingerprint density at radius 1 is 0.852 bits per heavy atom. The summed E-state index contributed by atoms with van der Waals surface area (Å²) in [4.78, 5) is 15.0. The number of benzene rings is 2. The second-order valence-corrected chi connectivity index (χ2v) is 7.51. The minimum absolute atomic E-state index is 0.117. The highest BCUT2D eigenvalue weighted by atomic mass is 16.2. The molecular weight excluding hydrogens is 332 g/mol. The molecule has 1 saturated heterocycles. The molecule has 0 radical (unpaired) electrons. The van der Waals surface area contributed by atoms with Gasteiger partial charge in [-0.05, 0) is 60.4 Å². The summed E-state index contributed by atoms with van der Waals surface area (Å²) < 4.78 is 2.04. The third kappa shape index (κ3) is 2.71. The summed E-state index contributed by atoms with van der Waals surface area (Å²) in [6, 6.07) is 20.5. The Morgan fingerprint density at radius 3 is 2.30 bits per heavy atom. The summed E-state index contributed by atoms with van der Waals surface area (Å²) in [5.41, 5.74) is 4.71. The van der Waals surface area contributed by atoms with Crippen molar-refractivity contribution in [3.05, 3.63) is 95.8 Å². The van der Waals surface area contributed by atoms with E-state index >= 15 is 0 Å². The van der Waals surface area contributed by atoms with Crippen molar-refractivity contribution in [1.29, 1.82) is 0 Å². The van der Waals surface area contributed by atoms with E-state index < -0.39 is 0 Å². The van der Waals surface area contributed by atoms with Crippen molar-refractivity contribution in [2.75, 3.05) is 13.1 Å². The number of hydrogen-bond donors (Lipinski definition) is 0. The summed E-state index contributed by atoms with van der Waals surface area (Å²) in [5, 5.41) is 0. The van der Waals surface area contributed by atoms with Crippen molar-refractivity contribution in [3.63, 3.8) is 0 Å². The van der Waals surface area contributed by atoms with E-state index in [0.717, 1.165) is 37.2 Å².